The monoisotopic (exact) mass is 333 g/mol. The zero-order chi connectivity index (χ0) is 14.4. The summed E-state index contributed by atoms with van der Waals surface area (Å²) in [6, 6.07) is 14.6. The molecule has 0 heterocycles. The van der Waals surface area contributed by atoms with E-state index in [9.17, 15) is 0 Å². The van der Waals surface area contributed by atoms with Gasteiger partial charge >= 0.3 is 0 Å². The number of nitrogens with one attached hydrogen (secondary N) is 1. The lowest BCUT2D eigenvalue weighted by atomic mass is 10.1. The number of halogens is 1. The maximum absolute atomic E-state index is 5.36. The minimum absolute atomic E-state index is 0.892. The third-order valence-corrected chi connectivity index (χ3v) is 4.20. The highest BCUT2D eigenvalue weighted by Gasteiger charge is 2.01. The number of benzene rings is 2. The third kappa shape index (κ3) is 4.09. The van der Waals surface area contributed by atoms with Crippen LogP contribution in [-0.4, -0.2) is 13.7 Å². The van der Waals surface area contributed by atoms with Gasteiger partial charge in [0.2, 0.25) is 0 Å². The van der Waals surface area contributed by atoms with E-state index in [0.717, 1.165) is 29.7 Å². The van der Waals surface area contributed by atoms with E-state index in [1.165, 1.54) is 16.7 Å². The van der Waals surface area contributed by atoms with Gasteiger partial charge < -0.3 is 10.1 Å². The Labute approximate surface area is 129 Å². The van der Waals surface area contributed by atoms with Gasteiger partial charge in [0, 0.05) is 11.0 Å². The zero-order valence-electron chi connectivity index (χ0n) is 11.9. The summed E-state index contributed by atoms with van der Waals surface area (Å²) in [6.45, 7) is 3.95. The van der Waals surface area contributed by atoms with Gasteiger partial charge in [0.25, 0.3) is 0 Å². The topological polar surface area (TPSA) is 21.3 Å². The predicted octanol–water partition coefficient (Wildman–Crippen LogP) is 4.10. The Hall–Kier alpha value is -1.32. The minimum Gasteiger partial charge on any atom is -0.496 e. The first-order valence-electron chi connectivity index (χ1n) is 6.78. The van der Waals surface area contributed by atoms with Crippen LogP contribution in [0.1, 0.15) is 16.7 Å². The van der Waals surface area contributed by atoms with Gasteiger partial charge in [0.15, 0.2) is 0 Å². The number of methoxy groups -OCH3 is 1. The smallest absolute Gasteiger partial charge is 0.122 e. The van der Waals surface area contributed by atoms with Gasteiger partial charge in [0.1, 0.15) is 5.75 Å². The van der Waals surface area contributed by atoms with E-state index in [0.29, 0.717) is 0 Å². The first kappa shape index (κ1) is 15.1. The molecule has 0 aliphatic rings. The van der Waals surface area contributed by atoms with Crippen molar-refractivity contribution >= 4 is 15.9 Å². The normalized spacial score (nSPS) is 10.6. The van der Waals surface area contributed by atoms with Gasteiger partial charge in [-0.3, -0.25) is 0 Å². The van der Waals surface area contributed by atoms with E-state index in [1.54, 1.807) is 7.11 Å². The summed E-state index contributed by atoms with van der Waals surface area (Å²) in [6.07, 6.45) is 0.972. The van der Waals surface area contributed by atoms with Crippen LogP contribution in [0.15, 0.2) is 46.9 Å². The highest BCUT2D eigenvalue weighted by atomic mass is 79.9. The second kappa shape index (κ2) is 7.46. The predicted molar refractivity (Wildman–Crippen MR) is 87.3 cm³/mol. The highest BCUT2D eigenvalue weighted by Crippen LogP contribution is 2.18. The summed E-state index contributed by atoms with van der Waals surface area (Å²) in [5, 5.41) is 3.48. The van der Waals surface area contributed by atoms with Crippen molar-refractivity contribution in [3.05, 3.63) is 63.6 Å². The van der Waals surface area contributed by atoms with Crippen LogP contribution in [0.2, 0.25) is 0 Å². The molecule has 0 amide bonds. The molecular weight excluding hydrogens is 314 g/mol. The van der Waals surface area contributed by atoms with Gasteiger partial charge in [-0.25, -0.2) is 0 Å². The van der Waals surface area contributed by atoms with Gasteiger partial charge in [-0.2, -0.15) is 0 Å². The summed E-state index contributed by atoms with van der Waals surface area (Å²) in [5.41, 5.74) is 3.83. The summed E-state index contributed by atoms with van der Waals surface area (Å²) in [5.74, 6) is 0.966. The average molecular weight is 334 g/mol. The lowest BCUT2D eigenvalue weighted by Crippen LogP contribution is -2.17. The standard InChI is InChI=1S/C17H20BrNO/c1-13-11-14(7-8-16(13)18)12-19-10-9-15-5-3-4-6-17(15)20-2/h3-8,11,19H,9-10,12H2,1-2H3. The summed E-state index contributed by atoms with van der Waals surface area (Å²) in [7, 11) is 1.72. The summed E-state index contributed by atoms with van der Waals surface area (Å²) in [4.78, 5) is 0. The molecule has 0 fully saturated rings. The van der Waals surface area contributed by atoms with E-state index in [4.69, 9.17) is 4.74 Å². The molecule has 0 spiro atoms. The fourth-order valence-electron chi connectivity index (χ4n) is 2.18. The molecule has 0 aliphatic heterocycles. The zero-order valence-corrected chi connectivity index (χ0v) is 13.5. The van der Waals surface area contributed by atoms with Crippen LogP contribution in [-0.2, 0) is 13.0 Å². The third-order valence-electron chi connectivity index (χ3n) is 3.32. The van der Waals surface area contributed by atoms with Gasteiger partial charge in [0.05, 0.1) is 7.11 Å². The Morgan fingerprint density at radius 2 is 1.95 bits per heavy atom. The van der Waals surface area contributed by atoms with Crippen LogP contribution in [0.5, 0.6) is 5.75 Å². The molecular formula is C17H20BrNO. The Morgan fingerprint density at radius 1 is 1.15 bits per heavy atom. The number of hydrogen-bond acceptors (Lipinski definition) is 2. The first-order chi connectivity index (χ1) is 9.70. The molecule has 20 heavy (non-hydrogen) atoms. The van der Waals surface area contributed by atoms with Crippen molar-refractivity contribution in [3.63, 3.8) is 0 Å². The minimum atomic E-state index is 0.892. The maximum Gasteiger partial charge on any atom is 0.122 e. The first-order valence-corrected chi connectivity index (χ1v) is 7.57. The van der Waals surface area contributed by atoms with Gasteiger partial charge in [-0.1, -0.05) is 46.3 Å². The molecule has 0 atom stereocenters. The van der Waals surface area contributed by atoms with Crippen molar-refractivity contribution in [1.29, 1.82) is 0 Å². The van der Waals surface area contributed by atoms with E-state index in [-0.39, 0.29) is 0 Å². The van der Waals surface area contributed by atoms with Crippen LogP contribution in [0.3, 0.4) is 0 Å². The number of rotatable bonds is 6. The van der Waals surface area contributed by atoms with Crippen molar-refractivity contribution in [3.8, 4) is 5.75 Å². The molecule has 0 unspecified atom stereocenters. The van der Waals surface area contributed by atoms with Crippen molar-refractivity contribution in [2.75, 3.05) is 13.7 Å². The molecule has 2 aromatic carbocycles. The molecule has 3 heteroatoms. The number of ether oxygens (including phenoxy) is 1. The molecule has 106 valence electrons. The molecule has 0 aromatic heterocycles. The van der Waals surface area contributed by atoms with E-state index < -0.39 is 0 Å². The molecule has 1 N–H and O–H groups in total. The molecule has 2 nitrogen and oxygen atoms in total. The van der Waals surface area contributed by atoms with Crippen molar-refractivity contribution in [1.82, 2.24) is 5.32 Å². The van der Waals surface area contributed by atoms with Crippen LogP contribution >= 0.6 is 15.9 Å². The highest BCUT2D eigenvalue weighted by molar-refractivity contribution is 9.10. The lowest BCUT2D eigenvalue weighted by Gasteiger charge is -2.09. The van der Waals surface area contributed by atoms with Crippen LogP contribution in [0, 0.1) is 6.92 Å². The lowest BCUT2D eigenvalue weighted by molar-refractivity contribution is 0.409. The molecule has 0 radical (unpaired) electrons. The molecule has 0 saturated carbocycles. The van der Waals surface area contributed by atoms with Crippen LogP contribution in [0.4, 0.5) is 0 Å². The van der Waals surface area contributed by atoms with Crippen LogP contribution in [0.25, 0.3) is 0 Å². The van der Waals surface area contributed by atoms with Crippen molar-refractivity contribution < 1.29 is 4.74 Å². The van der Waals surface area contributed by atoms with Crippen molar-refractivity contribution in [2.45, 2.75) is 19.9 Å². The molecule has 0 bridgehead atoms. The van der Waals surface area contributed by atoms with Gasteiger partial charge in [-0.15, -0.1) is 0 Å². The molecule has 2 aromatic rings. The Bertz CT molecular complexity index is 569. The molecule has 0 aliphatic carbocycles. The van der Waals surface area contributed by atoms with Gasteiger partial charge in [-0.05, 0) is 48.7 Å². The maximum atomic E-state index is 5.36. The van der Waals surface area contributed by atoms with E-state index >= 15 is 0 Å². The SMILES string of the molecule is COc1ccccc1CCNCc1ccc(Br)c(C)c1. The number of aryl methyl sites for hydroxylation is 1. The fourth-order valence-corrected chi connectivity index (χ4v) is 2.43. The van der Waals surface area contributed by atoms with Crippen molar-refractivity contribution in [2.24, 2.45) is 0 Å². The second-order valence-electron chi connectivity index (χ2n) is 4.82. The summed E-state index contributed by atoms with van der Waals surface area (Å²) >= 11 is 3.52. The summed E-state index contributed by atoms with van der Waals surface area (Å²) < 4.78 is 6.52. The molecule has 2 rings (SSSR count). The fraction of sp³-hybridized carbons (Fsp3) is 0.294. The largest absolute Gasteiger partial charge is 0.496 e. The Morgan fingerprint density at radius 3 is 2.70 bits per heavy atom. The number of hydrogen-bond donors (Lipinski definition) is 1. The Balaban J connectivity index is 1.83. The van der Waals surface area contributed by atoms with E-state index in [2.05, 4.69) is 58.5 Å². The second-order valence-corrected chi connectivity index (χ2v) is 5.68. The van der Waals surface area contributed by atoms with E-state index in [1.807, 2.05) is 12.1 Å². The molecule has 0 saturated heterocycles. The van der Waals surface area contributed by atoms with Crippen LogP contribution < -0.4 is 10.1 Å². The quantitative estimate of drug-likeness (QED) is 0.803. The number of para-hydroxylation sites is 1. The Kier molecular flexibility index (Phi) is 5.62. The average Bonchev–Trinajstić information content (AvgIpc) is 2.47.